The minimum absolute atomic E-state index is 0.0671. The topological polar surface area (TPSA) is 21.3 Å². The van der Waals surface area contributed by atoms with E-state index in [1.54, 1.807) is 0 Å². The maximum Gasteiger partial charge on any atom is 0.106 e. The molecule has 11 heavy (non-hydrogen) atoms. The van der Waals surface area contributed by atoms with Crippen molar-refractivity contribution in [3.8, 4) is 0 Å². The van der Waals surface area contributed by atoms with Gasteiger partial charge in [-0.05, 0) is 6.42 Å². The summed E-state index contributed by atoms with van der Waals surface area (Å²) in [5.41, 5.74) is 0.448. The van der Waals surface area contributed by atoms with Gasteiger partial charge in [0.2, 0.25) is 0 Å². The zero-order valence-corrected chi connectivity index (χ0v) is 6.76. The Hall–Kier alpha value is -0.340. The van der Waals surface area contributed by atoms with E-state index in [0.717, 1.165) is 13.1 Å². The van der Waals surface area contributed by atoms with Crippen LogP contribution in [0.15, 0.2) is 12.2 Å². The average Bonchev–Trinajstić information content (AvgIpc) is 2.49. The Morgan fingerprint density at radius 1 is 1.55 bits per heavy atom. The van der Waals surface area contributed by atoms with Crippen molar-refractivity contribution in [1.29, 1.82) is 0 Å². The molecule has 0 unspecified atom stereocenters. The summed E-state index contributed by atoms with van der Waals surface area (Å²) in [7, 11) is 0. The molecule has 1 N–H and O–H groups in total. The van der Waals surface area contributed by atoms with Crippen molar-refractivity contribution in [1.82, 2.24) is 5.32 Å². The molecule has 0 aromatic carbocycles. The molecule has 0 amide bonds. The van der Waals surface area contributed by atoms with Gasteiger partial charge in [-0.1, -0.05) is 19.1 Å². The van der Waals surface area contributed by atoms with Crippen LogP contribution in [0, 0.1) is 5.41 Å². The molecule has 3 aliphatic rings. The van der Waals surface area contributed by atoms with E-state index in [1.165, 1.54) is 6.42 Å². The zero-order valence-electron chi connectivity index (χ0n) is 6.76. The molecule has 2 bridgehead atoms. The molecule has 0 radical (unpaired) electrons. The highest BCUT2D eigenvalue weighted by molar-refractivity contribution is 5.28. The number of rotatable bonds is 0. The van der Waals surface area contributed by atoms with Gasteiger partial charge in [-0.3, -0.25) is 0 Å². The molecule has 0 aliphatic carbocycles. The van der Waals surface area contributed by atoms with E-state index in [-0.39, 0.29) is 5.60 Å². The van der Waals surface area contributed by atoms with Crippen LogP contribution < -0.4 is 5.32 Å². The molecule has 0 saturated carbocycles. The van der Waals surface area contributed by atoms with Crippen molar-refractivity contribution in [3.05, 3.63) is 12.2 Å². The highest BCUT2D eigenvalue weighted by atomic mass is 16.5. The minimum Gasteiger partial charge on any atom is -0.362 e. The monoisotopic (exact) mass is 151 g/mol. The fraction of sp³-hybridized carbons (Fsp3) is 0.778. The highest BCUT2D eigenvalue weighted by Gasteiger charge is 2.60. The molecule has 3 atom stereocenters. The van der Waals surface area contributed by atoms with Crippen LogP contribution in [0.5, 0.6) is 0 Å². The molecule has 0 aromatic rings. The van der Waals surface area contributed by atoms with Crippen LogP contribution in [0.2, 0.25) is 0 Å². The smallest absolute Gasteiger partial charge is 0.106 e. The van der Waals surface area contributed by atoms with Gasteiger partial charge < -0.3 is 10.1 Å². The lowest BCUT2D eigenvalue weighted by molar-refractivity contribution is 0.0116. The number of fused-ring (bicyclic) bond motifs is 1. The molecule has 2 heteroatoms. The number of nitrogens with one attached hydrogen (secondary N) is 1. The summed E-state index contributed by atoms with van der Waals surface area (Å²) in [6, 6.07) is 0. The zero-order chi connectivity index (χ0) is 7.53. The van der Waals surface area contributed by atoms with Crippen molar-refractivity contribution >= 4 is 0 Å². The Morgan fingerprint density at radius 2 is 2.45 bits per heavy atom. The summed E-state index contributed by atoms with van der Waals surface area (Å²) >= 11 is 0. The molecular formula is C9H13NO. The maximum atomic E-state index is 5.91. The van der Waals surface area contributed by atoms with Gasteiger partial charge in [-0.15, -0.1) is 0 Å². The van der Waals surface area contributed by atoms with Crippen LogP contribution in [0.25, 0.3) is 0 Å². The minimum atomic E-state index is 0.0671. The molecule has 3 aliphatic heterocycles. The molecule has 1 spiro atoms. The van der Waals surface area contributed by atoms with Crippen LogP contribution in [-0.2, 0) is 4.74 Å². The summed E-state index contributed by atoms with van der Waals surface area (Å²) < 4.78 is 5.91. The molecule has 60 valence electrons. The number of hydrogen-bond acceptors (Lipinski definition) is 2. The van der Waals surface area contributed by atoms with E-state index < -0.39 is 0 Å². The van der Waals surface area contributed by atoms with Crippen LogP contribution in [0.3, 0.4) is 0 Å². The molecule has 2 fully saturated rings. The first-order chi connectivity index (χ1) is 5.24. The van der Waals surface area contributed by atoms with Gasteiger partial charge in [-0.25, -0.2) is 0 Å². The first-order valence-electron chi connectivity index (χ1n) is 4.32. The SMILES string of the molecule is C[C@]12CNC[C@]13C=C[C@H](C2)O3. The quantitative estimate of drug-likeness (QED) is 0.514. The predicted octanol–water partition coefficient (Wildman–Crippen LogP) is 0.693. The van der Waals surface area contributed by atoms with Crippen LogP contribution >= 0.6 is 0 Å². The van der Waals surface area contributed by atoms with E-state index in [1.807, 2.05) is 0 Å². The summed E-state index contributed by atoms with van der Waals surface area (Å²) in [6.07, 6.45) is 6.11. The second kappa shape index (κ2) is 1.54. The molecule has 0 aromatic heterocycles. The Balaban J connectivity index is 2.13. The lowest BCUT2D eigenvalue weighted by Gasteiger charge is -2.31. The van der Waals surface area contributed by atoms with Crippen molar-refractivity contribution in [3.63, 3.8) is 0 Å². The molecular weight excluding hydrogens is 138 g/mol. The third-order valence-electron chi connectivity index (χ3n) is 3.52. The molecule has 3 heterocycles. The van der Waals surface area contributed by atoms with Crippen LogP contribution in [0.1, 0.15) is 13.3 Å². The average molecular weight is 151 g/mol. The van der Waals surface area contributed by atoms with Gasteiger partial charge in [0.05, 0.1) is 6.10 Å². The predicted molar refractivity (Wildman–Crippen MR) is 42.3 cm³/mol. The Morgan fingerprint density at radius 3 is 3.18 bits per heavy atom. The molecule has 2 saturated heterocycles. The standard InChI is InChI=1S/C9H13NO/c1-8-4-7-2-3-9(8,11-7)6-10-5-8/h2-3,7,10H,4-6H2,1H3/t7-,8+,9-/m1/s1. The third kappa shape index (κ3) is 0.531. The first-order valence-corrected chi connectivity index (χ1v) is 4.32. The summed E-state index contributed by atoms with van der Waals surface area (Å²) in [4.78, 5) is 0. The Bertz CT molecular complexity index is 238. The van der Waals surface area contributed by atoms with Crippen molar-refractivity contribution in [2.75, 3.05) is 13.1 Å². The van der Waals surface area contributed by atoms with Gasteiger partial charge in [-0.2, -0.15) is 0 Å². The Kier molecular flexibility index (Phi) is 0.871. The van der Waals surface area contributed by atoms with Gasteiger partial charge in [0, 0.05) is 18.5 Å². The van der Waals surface area contributed by atoms with Gasteiger partial charge in [0.15, 0.2) is 0 Å². The normalized spacial score (nSPS) is 58.8. The lowest BCUT2D eigenvalue weighted by Crippen LogP contribution is -2.39. The molecule has 3 rings (SSSR count). The van der Waals surface area contributed by atoms with E-state index in [2.05, 4.69) is 24.4 Å². The Labute approximate surface area is 66.6 Å². The second-order valence-corrected chi connectivity index (χ2v) is 4.27. The number of hydrogen-bond donors (Lipinski definition) is 1. The van der Waals surface area contributed by atoms with E-state index >= 15 is 0 Å². The highest BCUT2D eigenvalue weighted by Crippen LogP contribution is 2.53. The van der Waals surface area contributed by atoms with Crippen LogP contribution in [-0.4, -0.2) is 24.8 Å². The van der Waals surface area contributed by atoms with E-state index in [4.69, 9.17) is 4.74 Å². The first kappa shape index (κ1) is 6.21. The van der Waals surface area contributed by atoms with Gasteiger partial charge in [0.25, 0.3) is 0 Å². The van der Waals surface area contributed by atoms with Gasteiger partial charge >= 0.3 is 0 Å². The molecule has 2 nitrogen and oxygen atoms in total. The summed E-state index contributed by atoms with van der Waals surface area (Å²) in [5, 5.41) is 3.41. The maximum absolute atomic E-state index is 5.91. The van der Waals surface area contributed by atoms with E-state index in [0.29, 0.717) is 11.5 Å². The van der Waals surface area contributed by atoms with Crippen molar-refractivity contribution in [2.45, 2.75) is 25.0 Å². The van der Waals surface area contributed by atoms with Gasteiger partial charge in [0.1, 0.15) is 5.60 Å². The van der Waals surface area contributed by atoms with Crippen LogP contribution in [0.4, 0.5) is 0 Å². The second-order valence-electron chi connectivity index (χ2n) is 4.27. The van der Waals surface area contributed by atoms with Crippen molar-refractivity contribution < 1.29 is 4.74 Å². The summed E-state index contributed by atoms with van der Waals surface area (Å²) in [5.74, 6) is 0. The fourth-order valence-corrected chi connectivity index (χ4v) is 2.74. The lowest BCUT2D eigenvalue weighted by atomic mass is 9.72. The van der Waals surface area contributed by atoms with E-state index in [9.17, 15) is 0 Å². The fourth-order valence-electron chi connectivity index (χ4n) is 2.74. The summed E-state index contributed by atoms with van der Waals surface area (Å²) in [6.45, 7) is 4.46. The van der Waals surface area contributed by atoms with Crippen molar-refractivity contribution in [2.24, 2.45) is 5.41 Å². The third-order valence-corrected chi connectivity index (χ3v) is 3.52. The number of ether oxygens (including phenoxy) is 1. The largest absolute Gasteiger partial charge is 0.362 e.